The summed E-state index contributed by atoms with van der Waals surface area (Å²) < 4.78 is 5.08. The van der Waals surface area contributed by atoms with Crippen LogP contribution in [0.4, 0.5) is 0 Å². The fourth-order valence-electron chi connectivity index (χ4n) is 1.93. The number of hydrogen-bond acceptors (Lipinski definition) is 2. The first-order chi connectivity index (χ1) is 6.59. The van der Waals surface area contributed by atoms with Gasteiger partial charge in [-0.15, -0.1) is 0 Å². The maximum Gasteiger partial charge on any atom is 0.133 e. The van der Waals surface area contributed by atoms with Crippen molar-refractivity contribution in [2.45, 2.75) is 53.4 Å². The number of hydrogen-bond donors (Lipinski definition) is 0. The van der Waals surface area contributed by atoms with Crippen LogP contribution in [0, 0.1) is 12.3 Å². The molecule has 1 atom stereocenters. The highest BCUT2D eigenvalue weighted by atomic mass is 16.5. The van der Waals surface area contributed by atoms with Crippen LogP contribution in [0.25, 0.3) is 0 Å². The molecule has 2 heteroatoms. The summed E-state index contributed by atoms with van der Waals surface area (Å²) in [5.74, 6) is 0.912. The molecule has 2 nitrogen and oxygen atoms in total. The van der Waals surface area contributed by atoms with E-state index in [2.05, 4.69) is 25.9 Å². The second-order valence-electron chi connectivity index (χ2n) is 4.52. The molecule has 1 aromatic rings. The quantitative estimate of drug-likeness (QED) is 0.715. The van der Waals surface area contributed by atoms with Gasteiger partial charge in [0.2, 0.25) is 0 Å². The number of nitrogens with zero attached hydrogens (tertiary/aromatic N) is 1. The van der Waals surface area contributed by atoms with Gasteiger partial charge in [-0.05, 0) is 25.2 Å². The summed E-state index contributed by atoms with van der Waals surface area (Å²) in [6.07, 6.45) is 4.73. The molecule has 0 saturated carbocycles. The fraction of sp³-hybridized carbons (Fsp3) is 0.750. The number of aryl methyl sites for hydroxylation is 1. The maximum absolute atomic E-state index is 5.08. The zero-order chi connectivity index (χ0) is 10.6. The van der Waals surface area contributed by atoms with Crippen LogP contribution in [0.3, 0.4) is 0 Å². The topological polar surface area (TPSA) is 26.0 Å². The molecule has 14 heavy (non-hydrogen) atoms. The molecule has 80 valence electrons. The predicted molar refractivity (Wildman–Crippen MR) is 58.3 cm³/mol. The van der Waals surface area contributed by atoms with Crippen molar-refractivity contribution in [3.63, 3.8) is 0 Å². The van der Waals surface area contributed by atoms with E-state index in [0.29, 0.717) is 5.41 Å². The van der Waals surface area contributed by atoms with Crippen LogP contribution in [-0.2, 0) is 6.42 Å². The van der Waals surface area contributed by atoms with Gasteiger partial charge in [-0.3, -0.25) is 0 Å². The molecule has 1 heterocycles. The average molecular weight is 195 g/mol. The minimum Gasteiger partial charge on any atom is -0.361 e. The Labute approximate surface area is 86.7 Å². The van der Waals surface area contributed by atoms with Crippen LogP contribution < -0.4 is 0 Å². The molecular weight excluding hydrogens is 174 g/mol. The van der Waals surface area contributed by atoms with E-state index in [1.807, 2.05) is 13.0 Å². The minimum absolute atomic E-state index is 0.387. The molecule has 0 aliphatic heterocycles. The SMILES string of the molecule is CCCC(C)(CC)Cc1cc(C)on1. The van der Waals surface area contributed by atoms with E-state index in [-0.39, 0.29) is 0 Å². The van der Waals surface area contributed by atoms with Crippen molar-refractivity contribution >= 4 is 0 Å². The molecule has 0 bridgehead atoms. The lowest BCUT2D eigenvalue weighted by molar-refractivity contribution is 0.270. The maximum atomic E-state index is 5.08. The third-order valence-corrected chi connectivity index (χ3v) is 2.99. The van der Waals surface area contributed by atoms with Crippen molar-refractivity contribution in [1.82, 2.24) is 5.16 Å². The summed E-state index contributed by atoms with van der Waals surface area (Å²) in [6.45, 7) is 8.77. The first-order valence-electron chi connectivity index (χ1n) is 5.52. The minimum atomic E-state index is 0.387. The third kappa shape index (κ3) is 2.86. The van der Waals surface area contributed by atoms with Crippen molar-refractivity contribution in [3.8, 4) is 0 Å². The van der Waals surface area contributed by atoms with Crippen molar-refractivity contribution in [3.05, 3.63) is 17.5 Å². The van der Waals surface area contributed by atoms with Crippen LogP contribution in [0.5, 0.6) is 0 Å². The molecule has 0 N–H and O–H groups in total. The van der Waals surface area contributed by atoms with E-state index >= 15 is 0 Å². The van der Waals surface area contributed by atoms with E-state index in [1.54, 1.807) is 0 Å². The van der Waals surface area contributed by atoms with Gasteiger partial charge in [0.1, 0.15) is 5.76 Å². The van der Waals surface area contributed by atoms with Gasteiger partial charge in [0.05, 0.1) is 5.69 Å². The van der Waals surface area contributed by atoms with E-state index in [9.17, 15) is 0 Å². The highest BCUT2D eigenvalue weighted by Crippen LogP contribution is 2.31. The Hall–Kier alpha value is -0.790. The molecule has 0 fully saturated rings. The zero-order valence-electron chi connectivity index (χ0n) is 9.76. The van der Waals surface area contributed by atoms with Crippen LogP contribution in [0.2, 0.25) is 0 Å². The van der Waals surface area contributed by atoms with Crippen LogP contribution in [-0.4, -0.2) is 5.16 Å². The normalized spacial score (nSPS) is 15.4. The summed E-state index contributed by atoms with van der Waals surface area (Å²) in [4.78, 5) is 0. The van der Waals surface area contributed by atoms with Gasteiger partial charge in [-0.25, -0.2) is 0 Å². The summed E-state index contributed by atoms with van der Waals surface area (Å²) in [5.41, 5.74) is 1.48. The van der Waals surface area contributed by atoms with Gasteiger partial charge < -0.3 is 4.52 Å². The Bertz CT molecular complexity index is 280. The molecule has 0 saturated heterocycles. The predicted octanol–water partition coefficient (Wildman–Crippen LogP) is 3.74. The zero-order valence-corrected chi connectivity index (χ0v) is 9.76. The Morgan fingerprint density at radius 3 is 2.57 bits per heavy atom. The number of rotatable bonds is 5. The highest BCUT2D eigenvalue weighted by Gasteiger charge is 2.22. The van der Waals surface area contributed by atoms with Crippen molar-refractivity contribution < 1.29 is 4.52 Å². The standard InChI is InChI=1S/C12H21NO/c1-5-7-12(4,6-2)9-11-8-10(3)14-13-11/h8H,5-7,9H2,1-4H3. The molecule has 1 unspecified atom stereocenters. The molecule has 0 aromatic carbocycles. The third-order valence-electron chi connectivity index (χ3n) is 2.99. The number of aromatic nitrogens is 1. The van der Waals surface area contributed by atoms with Crippen LogP contribution in [0.15, 0.2) is 10.6 Å². The molecule has 0 aliphatic rings. The van der Waals surface area contributed by atoms with Gasteiger partial charge in [-0.1, -0.05) is 38.8 Å². The Kier molecular flexibility index (Phi) is 3.73. The second-order valence-corrected chi connectivity index (χ2v) is 4.52. The van der Waals surface area contributed by atoms with E-state index in [0.717, 1.165) is 17.9 Å². The van der Waals surface area contributed by atoms with Gasteiger partial charge in [0, 0.05) is 6.07 Å². The molecule has 0 amide bonds. The lowest BCUT2D eigenvalue weighted by atomic mass is 9.79. The van der Waals surface area contributed by atoms with Crippen molar-refractivity contribution in [2.24, 2.45) is 5.41 Å². The first-order valence-corrected chi connectivity index (χ1v) is 5.52. The fourth-order valence-corrected chi connectivity index (χ4v) is 1.93. The average Bonchev–Trinajstić information content (AvgIpc) is 2.51. The van der Waals surface area contributed by atoms with E-state index in [1.165, 1.54) is 19.3 Å². The van der Waals surface area contributed by atoms with Crippen molar-refractivity contribution in [2.75, 3.05) is 0 Å². The second kappa shape index (κ2) is 4.63. The molecular formula is C12H21NO. The molecule has 0 aliphatic carbocycles. The molecule has 1 rings (SSSR count). The smallest absolute Gasteiger partial charge is 0.133 e. The highest BCUT2D eigenvalue weighted by molar-refractivity contribution is 5.06. The van der Waals surface area contributed by atoms with Crippen LogP contribution in [0.1, 0.15) is 51.5 Å². The van der Waals surface area contributed by atoms with Crippen molar-refractivity contribution in [1.29, 1.82) is 0 Å². The lowest BCUT2D eigenvalue weighted by Crippen LogP contribution is -2.18. The Morgan fingerprint density at radius 2 is 2.14 bits per heavy atom. The Balaban J connectivity index is 2.64. The molecule has 0 spiro atoms. The Morgan fingerprint density at radius 1 is 1.43 bits per heavy atom. The largest absolute Gasteiger partial charge is 0.361 e. The first kappa shape index (κ1) is 11.3. The van der Waals surface area contributed by atoms with Crippen LogP contribution >= 0.6 is 0 Å². The summed E-state index contributed by atoms with van der Waals surface area (Å²) in [6, 6.07) is 2.05. The summed E-state index contributed by atoms with van der Waals surface area (Å²) >= 11 is 0. The van der Waals surface area contributed by atoms with Gasteiger partial charge in [0.25, 0.3) is 0 Å². The molecule has 0 radical (unpaired) electrons. The lowest BCUT2D eigenvalue weighted by Gasteiger charge is -2.26. The van der Waals surface area contributed by atoms with Gasteiger partial charge >= 0.3 is 0 Å². The van der Waals surface area contributed by atoms with E-state index in [4.69, 9.17) is 4.52 Å². The van der Waals surface area contributed by atoms with Gasteiger partial charge in [-0.2, -0.15) is 0 Å². The summed E-state index contributed by atoms with van der Waals surface area (Å²) in [7, 11) is 0. The summed E-state index contributed by atoms with van der Waals surface area (Å²) in [5, 5.41) is 4.06. The van der Waals surface area contributed by atoms with Gasteiger partial charge in [0.15, 0.2) is 0 Å². The molecule has 1 aromatic heterocycles. The van der Waals surface area contributed by atoms with E-state index < -0.39 is 0 Å². The monoisotopic (exact) mass is 195 g/mol.